The Hall–Kier alpha value is -1.35. The number of rotatable bonds is 3. The van der Waals surface area contributed by atoms with Crippen LogP contribution in [0.2, 0.25) is 0 Å². The molecule has 2 rings (SSSR count). The summed E-state index contributed by atoms with van der Waals surface area (Å²) in [5.74, 6) is -0.0770. The van der Waals surface area contributed by atoms with Gasteiger partial charge in [-0.05, 0) is 37.8 Å². The zero-order valence-electron chi connectivity index (χ0n) is 9.49. The van der Waals surface area contributed by atoms with E-state index in [9.17, 15) is 9.90 Å². The number of benzene rings is 1. The molecular formula is C13H17NO2. The number of aryl methyl sites for hydroxylation is 1. The van der Waals surface area contributed by atoms with E-state index in [-0.39, 0.29) is 18.1 Å². The Morgan fingerprint density at radius 3 is 2.62 bits per heavy atom. The van der Waals surface area contributed by atoms with Gasteiger partial charge in [-0.15, -0.1) is 0 Å². The molecule has 0 spiro atoms. The van der Waals surface area contributed by atoms with Gasteiger partial charge in [-0.25, -0.2) is 0 Å². The molecule has 0 aromatic heterocycles. The van der Waals surface area contributed by atoms with Gasteiger partial charge in [0.15, 0.2) is 0 Å². The van der Waals surface area contributed by atoms with Crippen molar-refractivity contribution in [1.29, 1.82) is 0 Å². The lowest BCUT2D eigenvalue weighted by Gasteiger charge is -2.41. The highest BCUT2D eigenvalue weighted by atomic mass is 16.3. The Balaban J connectivity index is 2.11. The predicted molar refractivity (Wildman–Crippen MR) is 62.3 cm³/mol. The third-order valence-electron chi connectivity index (χ3n) is 3.38. The number of hydrogen-bond donors (Lipinski definition) is 2. The smallest absolute Gasteiger partial charge is 0.252 e. The molecule has 0 aliphatic heterocycles. The second-order valence-corrected chi connectivity index (χ2v) is 4.56. The highest BCUT2D eigenvalue weighted by Gasteiger charge is 2.37. The Morgan fingerprint density at radius 1 is 1.44 bits per heavy atom. The van der Waals surface area contributed by atoms with Crippen LogP contribution in [-0.2, 0) is 0 Å². The van der Waals surface area contributed by atoms with E-state index in [0.717, 1.165) is 24.8 Å². The lowest BCUT2D eigenvalue weighted by atomic mass is 9.77. The molecule has 0 atom stereocenters. The third-order valence-corrected chi connectivity index (χ3v) is 3.38. The van der Waals surface area contributed by atoms with E-state index in [4.69, 9.17) is 0 Å². The van der Waals surface area contributed by atoms with Crippen LogP contribution in [0.3, 0.4) is 0 Å². The van der Waals surface area contributed by atoms with Crippen molar-refractivity contribution in [2.24, 2.45) is 0 Å². The van der Waals surface area contributed by atoms with Crippen LogP contribution in [-0.4, -0.2) is 23.2 Å². The van der Waals surface area contributed by atoms with E-state index in [2.05, 4.69) is 5.32 Å². The molecule has 1 fully saturated rings. The maximum atomic E-state index is 12.0. The zero-order valence-corrected chi connectivity index (χ0v) is 9.49. The van der Waals surface area contributed by atoms with Gasteiger partial charge in [0, 0.05) is 5.56 Å². The molecule has 0 radical (unpaired) electrons. The number of aliphatic hydroxyl groups is 1. The molecule has 0 saturated heterocycles. The van der Waals surface area contributed by atoms with E-state index >= 15 is 0 Å². The average Bonchev–Trinajstić information content (AvgIpc) is 2.24. The molecule has 3 nitrogen and oxygen atoms in total. The van der Waals surface area contributed by atoms with Crippen LogP contribution in [0.25, 0.3) is 0 Å². The first-order valence-electron chi connectivity index (χ1n) is 5.66. The molecule has 3 heteroatoms. The molecule has 0 heterocycles. The minimum Gasteiger partial charge on any atom is -0.394 e. The fourth-order valence-corrected chi connectivity index (χ4v) is 2.06. The Morgan fingerprint density at radius 2 is 2.12 bits per heavy atom. The topological polar surface area (TPSA) is 49.3 Å². The summed E-state index contributed by atoms with van der Waals surface area (Å²) in [5, 5.41) is 12.2. The Labute approximate surface area is 95.5 Å². The van der Waals surface area contributed by atoms with Gasteiger partial charge >= 0.3 is 0 Å². The Kier molecular flexibility index (Phi) is 2.97. The first kappa shape index (κ1) is 11.1. The second kappa shape index (κ2) is 4.26. The van der Waals surface area contributed by atoms with Crippen LogP contribution >= 0.6 is 0 Å². The summed E-state index contributed by atoms with van der Waals surface area (Å²) in [6.07, 6.45) is 2.83. The second-order valence-electron chi connectivity index (χ2n) is 4.56. The molecule has 16 heavy (non-hydrogen) atoms. The molecule has 1 aromatic carbocycles. The third kappa shape index (κ3) is 1.95. The summed E-state index contributed by atoms with van der Waals surface area (Å²) in [4.78, 5) is 12.0. The summed E-state index contributed by atoms with van der Waals surface area (Å²) >= 11 is 0. The first-order valence-corrected chi connectivity index (χ1v) is 5.66. The molecule has 1 amide bonds. The lowest BCUT2D eigenvalue weighted by Crippen LogP contribution is -2.56. The van der Waals surface area contributed by atoms with Gasteiger partial charge in [0.05, 0.1) is 12.1 Å². The van der Waals surface area contributed by atoms with Crippen LogP contribution in [0.4, 0.5) is 0 Å². The number of nitrogens with one attached hydrogen (secondary N) is 1. The largest absolute Gasteiger partial charge is 0.394 e. The van der Waals surface area contributed by atoms with Crippen molar-refractivity contribution in [3.8, 4) is 0 Å². The van der Waals surface area contributed by atoms with Crippen LogP contribution in [0.5, 0.6) is 0 Å². The van der Waals surface area contributed by atoms with E-state index < -0.39 is 0 Å². The number of carbonyl (C=O) groups is 1. The van der Waals surface area contributed by atoms with Crippen molar-refractivity contribution < 1.29 is 9.90 Å². The normalized spacial score (nSPS) is 17.6. The molecule has 1 aliphatic carbocycles. The summed E-state index contributed by atoms with van der Waals surface area (Å²) < 4.78 is 0. The molecule has 1 aliphatic rings. The molecule has 0 bridgehead atoms. The quantitative estimate of drug-likeness (QED) is 0.812. The molecule has 0 unspecified atom stereocenters. The van der Waals surface area contributed by atoms with Crippen LogP contribution in [0, 0.1) is 6.92 Å². The van der Waals surface area contributed by atoms with Gasteiger partial charge in [0.25, 0.3) is 5.91 Å². The summed E-state index contributed by atoms with van der Waals surface area (Å²) in [5.41, 5.74) is 1.30. The average molecular weight is 219 g/mol. The van der Waals surface area contributed by atoms with Crippen LogP contribution in [0.15, 0.2) is 24.3 Å². The van der Waals surface area contributed by atoms with Gasteiger partial charge in [0.1, 0.15) is 0 Å². The van der Waals surface area contributed by atoms with E-state index in [1.165, 1.54) is 0 Å². The fourth-order valence-electron chi connectivity index (χ4n) is 2.06. The monoisotopic (exact) mass is 219 g/mol. The minimum absolute atomic E-state index is 0.0324. The van der Waals surface area contributed by atoms with Gasteiger partial charge in [-0.3, -0.25) is 4.79 Å². The molecular weight excluding hydrogens is 202 g/mol. The van der Waals surface area contributed by atoms with Crippen molar-refractivity contribution in [3.63, 3.8) is 0 Å². The summed E-state index contributed by atoms with van der Waals surface area (Å²) in [7, 11) is 0. The summed E-state index contributed by atoms with van der Waals surface area (Å²) in [6, 6.07) is 7.50. The van der Waals surface area contributed by atoms with Crippen molar-refractivity contribution in [2.75, 3.05) is 6.61 Å². The maximum absolute atomic E-state index is 12.0. The van der Waals surface area contributed by atoms with Gasteiger partial charge in [-0.1, -0.05) is 18.2 Å². The van der Waals surface area contributed by atoms with Gasteiger partial charge < -0.3 is 10.4 Å². The molecule has 1 aromatic rings. The molecule has 2 N–H and O–H groups in total. The van der Waals surface area contributed by atoms with Crippen LogP contribution in [0.1, 0.15) is 35.2 Å². The standard InChI is InChI=1S/C13H17NO2/c1-10-5-2-3-6-11(10)12(16)14-13(9-15)7-4-8-13/h2-3,5-6,15H,4,7-9H2,1H3,(H,14,16). The fraction of sp³-hybridized carbons (Fsp3) is 0.462. The maximum Gasteiger partial charge on any atom is 0.252 e. The van der Waals surface area contributed by atoms with E-state index in [1.807, 2.05) is 31.2 Å². The SMILES string of the molecule is Cc1ccccc1C(=O)NC1(CO)CCC1. The van der Waals surface area contributed by atoms with Crippen molar-refractivity contribution in [2.45, 2.75) is 31.7 Å². The number of amides is 1. The molecule has 1 saturated carbocycles. The van der Waals surface area contributed by atoms with Crippen molar-refractivity contribution in [1.82, 2.24) is 5.32 Å². The van der Waals surface area contributed by atoms with Gasteiger partial charge in [-0.2, -0.15) is 0 Å². The van der Waals surface area contributed by atoms with Gasteiger partial charge in [0.2, 0.25) is 0 Å². The van der Waals surface area contributed by atoms with Crippen LogP contribution < -0.4 is 5.32 Å². The van der Waals surface area contributed by atoms with Crippen molar-refractivity contribution in [3.05, 3.63) is 35.4 Å². The number of hydrogen-bond acceptors (Lipinski definition) is 2. The van der Waals surface area contributed by atoms with Crippen molar-refractivity contribution >= 4 is 5.91 Å². The van der Waals surface area contributed by atoms with E-state index in [0.29, 0.717) is 5.56 Å². The number of aliphatic hydroxyl groups excluding tert-OH is 1. The number of carbonyl (C=O) groups excluding carboxylic acids is 1. The minimum atomic E-state index is -0.362. The summed E-state index contributed by atoms with van der Waals surface area (Å²) in [6.45, 7) is 1.95. The molecule has 86 valence electrons. The lowest BCUT2D eigenvalue weighted by molar-refractivity contribution is 0.0641. The Bertz CT molecular complexity index is 391. The highest BCUT2D eigenvalue weighted by molar-refractivity contribution is 5.96. The highest BCUT2D eigenvalue weighted by Crippen LogP contribution is 2.31. The predicted octanol–water partition coefficient (Wildman–Crippen LogP) is 1.64. The first-order chi connectivity index (χ1) is 7.67. The van der Waals surface area contributed by atoms with E-state index in [1.54, 1.807) is 0 Å². The zero-order chi connectivity index (χ0) is 11.6.